The highest BCUT2D eigenvalue weighted by Crippen LogP contribution is 2.34. The first kappa shape index (κ1) is 17.9. The van der Waals surface area contributed by atoms with Gasteiger partial charge in [-0.1, -0.05) is 26.8 Å². The van der Waals surface area contributed by atoms with Crippen molar-refractivity contribution in [1.82, 2.24) is 10.6 Å². The van der Waals surface area contributed by atoms with E-state index < -0.39 is 6.10 Å². The number of aliphatic hydroxyl groups excluding tert-OH is 1. The van der Waals surface area contributed by atoms with E-state index in [0.29, 0.717) is 13.0 Å². The molecule has 1 rings (SSSR count). The van der Waals surface area contributed by atoms with Crippen LogP contribution in [0.3, 0.4) is 0 Å². The lowest BCUT2D eigenvalue weighted by molar-refractivity contribution is 0.0598. The van der Waals surface area contributed by atoms with Crippen molar-refractivity contribution in [2.24, 2.45) is 5.41 Å². The van der Waals surface area contributed by atoms with Crippen LogP contribution in [0.15, 0.2) is 17.5 Å². The summed E-state index contributed by atoms with van der Waals surface area (Å²) in [6.45, 7) is 6.99. The van der Waals surface area contributed by atoms with Crippen LogP contribution >= 0.6 is 11.3 Å². The summed E-state index contributed by atoms with van der Waals surface area (Å²) in [6, 6.07) is 3.76. The largest absolute Gasteiger partial charge is 0.391 e. The van der Waals surface area contributed by atoms with E-state index in [-0.39, 0.29) is 24.1 Å². The maximum atomic E-state index is 12.0. The predicted molar refractivity (Wildman–Crippen MR) is 85.5 cm³/mol. The molecule has 0 fully saturated rings. The Morgan fingerprint density at radius 1 is 1.48 bits per heavy atom. The van der Waals surface area contributed by atoms with Crippen molar-refractivity contribution in [3.63, 3.8) is 0 Å². The minimum Gasteiger partial charge on any atom is -0.391 e. The van der Waals surface area contributed by atoms with Gasteiger partial charge in [0.2, 0.25) is 0 Å². The van der Waals surface area contributed by atoms with E-state index >= 15 is 0 Å². The zero-order chi connectivity index (χ0) is 15.9. The maximum absolute atomic E-state index is 12.0. The van der Waals surface area contributed by atoms with E-state index in [9.17, 15) is 9.90 Å². The van der Waals surface area contributed by atoms with E-state index in [1.54, 1.807) is 11.3 Å². The first-order valence-corrected chi connectivity index (χ1v) is 7.97. The van der Waals surface area contributed by atoms with Crippen LogP contribution in [0.4, 0.5) is 4.79 Å². The molecule has 0 radical (unpaired) electrons. The Kier molecular flexibility index (Phi) is 7.14. The fourth-order valence-corrected chi connectivity index (χ4v) is 3.00. The molecule has 0 saturated heterocycles. The van der Waals surface area contributed by atoms with E-state index in [1.165, 1.54) is 7.11 Å². The maximum Gasteiger partial charge on any atom is 0.315 e. The van der Waals surface area contributed by atoms with E-state index in [1.807, 2.05) is 17.5 Å². The summed E-state index contributed by atoms with van der Waals surface area (Å²) in [7, 11) is 1.54. The number of hydrogen-bond donors (Lipinski definition) is 3. The number of aliphatic hydroxyl groups is 1. The second-order valence-corrected chi connectivity index (χ2v) is 7.09. The summed E-state index contributed by atoms with van der Waals surface area (Å²) in [5.41, 5.74) is -0.0717. The van der Waals surface area contributed by atoms with Gasteiger partial charge in [-0.25, -0.2) is 4.79 Å². The molecule has 21 heavy (non-hydrogen) atoms. The van der Waals surface area contributed by atoms with Crippen LogP contribution in [0.2, 0.25) is 0 Å². The highest BCUT2D eigenvalue weighted by Gasteiger charge is 2.28. The molecule has 6 heteroatoms. The van der Waals surface area contributed by atoms with Crippen LogP contribution in [-0.2, 0) is 4.74 Å². The second kappa shape index (κ2) is 8.36. The van der Waals surface area contributed by atoms with Gasteiger partial charge in [-0.15, -0.1) is 11.3 Å². The van der Waals surface area contributed by atoms with Gasteiger partial charge in [-0.05, 0) is 23.3 Å². The van der Waals surface area contributed by atoms with Crippen molar-refractivity contribution in [2.45, 2.75) is 39.3 Å². The van der Waals surface area contributed by atoms with Crippen molar-refractivity contribution in [3.8, 4) is 0 Å². The number of rotatable bonds is 7. The standard InChI is InChI=1S/C15H26N2O3S/c1-15(2,3)13(12-6-5-9-21-12)17-14(19)16-8-7-11(18)10-20-4/h5-6,9,11,13,18H,7-8,10H2,1-4H3,(H2,16,17,19). The number of urea groups is 1. The highest BCUT2D eigenvalue weighted by molar-refractivity contribution is 7.10. The third-order valence-electron chi connectivity index (χ3n) is 3.09. The molecule has 2 atom stereocenters. The van der Waals surface area contributed by atoms with Gasteiger partial charge in [0, 0.05) is 18.5 Å². The molecule has 0 bridgehead atoms. The molecule has 1 aromatic heterocycles. The molecule has 1 heterocycles. The Labute approximate surface area is 130 Å². The van der Waals surface area contributed by atoms with E-state index in [4.69, 9.17) is 4.74 Å². The number of hydrogen-bond acceptors (Lipinski definition) is 4. The molecule has 0 aliphatic heterocycles. The molecule has 0 aliphatic carbocycles. The number of carbonyl (C=O) groups excluding carboxylic acids is 1. The first-order chi connectivity index (χ1) is 9.84. The number of carbonyl (C=O) groups is 1. The first-order valence-electron chi connectivity index (χ1n) is 7.09. The number of methoxy groups -OCH3 is 1. The molecular weight excluding hydrogens is 288 g/mol. The molecular formula is C15H26N2O3S. The summed E-state index contributed by atoms with van der Waals surface area (Å²) in [5, 5.41) is 17.3. The molecule has 0 spiro atoms. The Morgan fingerprint density at radius 3 is 2.71 bits per heavy atom. The summed E-state index contributed by atoms with van der Waals surface area (Å²) in [4.78, 5) is 13.1. The Bertz CT molecular complexity index is 415. The van der Waals surface area contributed by atoms with Gasteiger partial charge < -0.3 is 20.5 Å². The fourth-order valence-electron chi connectivity index (χ4n) is 1.98. The van der Waals surface area contributed by atoms with Crippen molar-refractivity contribution < 1.29 is 14.6 Å². The lowest BCUT2D eigenvalue weighted by Crippen LogP contribution is -2.43. The van der Waals surface area contributed by atoms with Crippen molar-refractivity contribution in [2.75, 3.05) is 20.3 Å². The zero-order valence-electron chi connectivity index (χ0n) is 13.2. The van der Waals surface area contributed by atoms with Gasteiger partial charge in [0.1, 0.15) is 0 Å². The van der Waals surface area contributed by atoms with E-state index in [2.05, 4.69) is 31.4 Å². The summed E-state index contributed by atoms with van der Waals surface area (Å²) in [5.74, 6) is 0. The SMILES string of the molecule is COCC(O)CCNC(=O)NC(c1cccs1)C(C)(C)C. The molecule has 120 valence electrons. The van der Waals surface area contributed by atoms with Gasteiger partial charge in [0.05, 0.1) is 18.8 Å². The third-order valence-corrected chi connectivity index (χ3v) is 4.03. The van der Waals surface area contributed by atoms with E-state index in [0.717, 1.165) is 4.88 Å². The van der Waals surface area contributed by atoms with Crippen LogP contribution in [0.25, 0.3) is 0 Å². The topological polar surface area (TPSA) is 70.6 Å². The van der Waals surface area contributed by atoms with Crippen molar-refractivity contribution in [1.29, 1.82) is 0 Å². The molecule has 3 N–H and O–H groups in total. The molecule has 2 amide bonds. The quantitative estimate of drug-likeness (QED) is 0.724. The van der Waals surface area contributed by atoms with Gasteiger partial charge >= 0.3 is 6.03 Å². The van der Waals surface area contributed by atoms with Crippen molar-refractivity contribution >= 4 is 17.4 Å². The van der Waals surface area contributed by atoms with Crippen LogP contribution in [-0.4, -0.2) is 37.5 Å². The average Bonchev–Trinajstić information content (AvgIpc) is 2.88. The second-order valence-electron chi connectivity index (χ2n) is 6.11. The number of amides is 2. The van der Waals surface area contributed by atoms with Gasteiger partial charge in [0.15, 0.2) is 0 Å². The summed E-state index contributed by atoms with van der Waals surface area (Å²) < 4.78 is 4.84. The van der Waals surface area contributed by atoms with Crippen LogP contribution in [0, 0.1) is 5.41 Å². The predicted octanol–water partition coefficient (Wildman–Crippen LogP) is 2.53. The smallest absolute Gasteiger partial charge is 0.315 e. The number of nitrogens with one attached hydrogen (secondary N) is 2. The summed E-state index contributed by atoms with van der Waals surface area (Å²) in [6.07, 6.45) is -0.0773. The Morgan fingerprint density at radius 2 is 2.19 bits per heavy atom. The third kappa shape index (κ3) is 6.46. The number of thiophene rings is 1. The number of ether oxygens (including phenoxy) is 1. The normalized spacial score (nSPS) is 14.5. The van der Waals surface area contributed by atoms with Crippen molar-refractivity contribution in [3.05, 3.63) is 22.4 Å². The zero-order valence-corrected chi connectivity index (χ0v) is 14.0. The van der Waals surface area contributed by atoms with Gasteiger partial charge in [0.25, 0.3) is 0 Å². The highest BCUT2D eigenvalue weighted by atomic mass is 32.1. The fraction of sp³-hybridized carbons (Fsp3) is 0.667. The van der Waals surface area contributed by atoms with Gasteiger partial charge in [-0.3, -0.25) is 0 Å². The molecule has 0 saturated carbocycles. The minimum absolute atomic E-state index is 0.0404. The Hall–Kier alpha value is -1.11. The molecule has 0 aromatic carbocycles. The van der Waals surface area contributed by atoms with Crippen LogP contribution < -0.4 is 10.6 Å². The molecule has 5 nitrogen and oxygen atoms in total. The van der Waals surface area contributed by atoms with Gasteiger partial charge in [-0.2, -0.15) is 0 Å². The Balaban J connectivity index is 2.47. The molecule has 1 aromatic rings. The summed E-state index contributed by atoms with van der Waals surface area (Å²) >= 11 is 1.64. The van der Waals surface area contributed by atoms with Crippen LogP contribution in [0.5, 0.6) is 0 Å². The lowest BCUT2D eigenvalue weighted by Gasteiger charge is -2.30. The monoisotopic (exact) mass is 314 g/mol. The molecule has 2 unspecified atom stereocenters. The minimum atomic E-state index is -0.550. The van der Waals surface area contributed by atoms with Crippen LogP contribution in [0.1, 0.15) is 38.1 Å². The average molecular weight is 314 g/mol. The lowest BCUT2D eigenvalue weighted by atomic mass is 9.86. The molecule has 0 aliphatic rings.